The van der Waals surface area contributed by atoms with E-state index in [-0.39, 0.29) is 0 Å². The van der Waals surface area contributed by atoms with E-state index in [1.165, 1.54) is 18.4 Å². The highest BCUT2D eigenvalue weighted by molar-refractivity contribution is 6.30. The van der Waals surface area contributed by atoms with Gasteiger partial charge in [0.15, 0.2) is 0 Å². The standard InChI is InChI=1S/C14H18ClN5/c1-9-12(15)18-14(11-3-4-11)19-13(9)16-6-5-10-7-17-20(2)8-10/h7-8,11H,3-6H2,1-2H3,(H,16,18,19). The SMILES string of the molecule is Cc1c(Cl)nc(C2CC2)nc1NCCc1cnn(C)c1. The average molecular weight is 292 g/mol. The minimum absolute atomic E-state index is 0.506. The van der Waals surface area contributed by atoms with E-state index in [1.54, 1.807) is 0 Å². The second-order valence-corrected chi connectivity index (χ2v) is 5.68. The molecule has 0 saturated heterocycles. The number of aryl methyl sites for hydroxylation is 1. The van der Waals surface area contributed by atoms with Gasteiger partial charge in [0.1, 0.15) is 16.8 Å². The lowest BCUT2D eigenvalue weighted by molar-refractivity contribution is 0.766. The molecule has 1 fully saturated rings. The third-order valence-corrected chi connectivity index (χ3v) is 3.88. The zero-order valence-electron chi connectivity index (χ0n) is 11.7. The van der Waals surface area contributed by atoms with Gasteiger partial charge >= 0.3 is 0 Å². The Kier molecular flexibility index (Phi) is 3.61. The lowest BCUT2D eigenvalue weighted by atomic mass is 10.2. The molecule has 0 atom stereocenters. The van der Waals surface area contributed by atoms with Gasteiger partial charge in [-0.25, -0.2) is 9.97 Å². The van der Waals surface area contributed by atoms with Gasteiger partial charge in [-0.15, -0.1) is 0 Å². The van der Waals surface area contributed by atoms with Gasteiger partial charge in [0, 0.05) is 31.3 Å². The van der Waals surface area contributed by atoms with Gasteiger partial charge in [-0.05, 0) is 31.7 Å². The van der Waals surface area contributed by atoms with Crippen LogP contribution >= 0.6 is 11.6 Å². The van der Waals surface area contributed by atoms with Crippen molar-refractivity contribution < 1.29 is 0 Å². The topological polar surface area (TPSA) is 55.6 Å². The van der Waals surface area contributed by atoms with Crippen molar-refractivity contribution in [2.75, 3.05) is 11.9 Å². The molecule has 1 N–H and O–H groups in total. The Morgan fingerprint density at radius 1 is 1.40 bits per heavy atom. The van der Waals surface area contributed by atoms with Crippen LogP contribution in [-0.4, -0.2) is 26.3 Å². The summed E-state index contributed by atoms with van der Waals surface area (Å²) >= 11 is 6.19. The first-order chi connectivity index (χ1) is 9.63. The summed E-state index contributed by atoms with van der Waals surface area (Å²) in [6.07, 6.45) is 7.17. The highest BCUT2D eigenvalue weighted by Crippen LogP contribution is 2.39. The van der Waals surface area contributed by atoms with Crippen LogP contribution in [0.2, 0.25) is 5.15 Å². The molecule has 1 aliphatic rings. The summed E-state index contributed by atoms with van der Waals surface area (Å²) in [5, 5.41) is 8.08. The van der Waals surface area contributed by atoms with Crippen LogP contribution in [0.1, 0.15) is 35.7 Å². The van der Waals surface area contributed by atoms with Crippen molar-refractivity contribution in [3.63, 3.8) is 0 Å². The number of rotatable bonds is 5. The van der Waals surface area contributed by atoms with Crippen LogP contribution in [0, 0.1) is 6.92 Å². The van der Waals surface area contributed by atoms with Crippen LogP contribution in [0.3, 0.4) is 0 Å². The molecule has 0 aliphatic heterocycles. The third-order valence-electron chi connectivity index (χ3n) is 3.51. The van der Waals surface area contributed by atoms with Crippen molar-refractivity contribution in [3.05, 3.63) is 34.5 Å². The second kappa shape index (κ2) is 5.40. The van der Waals surface area contributed by atoms with Crippen LogP contribution in [0.25, 0.3) is 0 Å². The Balaban J connectivity index is 1.67. The molecule has 5 nitrogen and oxygen atoms in total. The Labute approximate surface area is 123 Å². The average Bonchev–Trinajstić information content (AvgIpc) is 3.18. The summed E-state index contributed by atoms with van der Waals surface area (Å²) in [5.41, 5.74) is 2.13. The molecule has 0 spiro atoms. The van der Waals surface area contributed by atoms with Gasteiger partial charge in [0.05, 0.1) is 6.20 Å². The van der Waals surface area contributed by atoms with Gasteiger partial charge in [-0.1, -0.05) is 11.6 Å². The molecule has 1 aliphatic carbocycles. The molecule has 0 radical (unpaired) electrons. The van der Waals surface area contributed by atoms with Crippen LogP contribution in [0.5, 0.6) is 0 Å². The van der Waals surface area contributed by atoms with Gasteiger partial charge in [-0.2, -0.15) is 5.10 Å². The molecule has 0 amide bonds. The van der Waals surface area contributed by atoms with E-state index in [9.17, 15) is 0 Å². The molecule has 20 heavy (non-hydrogen) atoms. The molecular weight excluding hydrogens is 274 g/mol. The molecule has 106 valence electrons. The smallest absolute Gasteiger partial charge is 0.137 e. The summed E-state index contributed by atoms with van der Waals surface area (Å²) in [5.74, 6) is 2.24. The van der Waals surface area contributed by atoms with Crippen molar-refractivity contribution in [1.82, 2.24) is 19.7 Å². The fourth-order valence-electron chi connectivity index (χ4n) is 2.13. The number of halogens is 1. The molecule has 6 heteroatoms. The minimum atomic E-state index is 0.506. The van der Waals surface area contributed by atoms with E-state index >= 15 is 0 Å². The lowest BCUT2D eigenvalue weighted by Crippen LogP contribution is -2.10. The first-order valence-corrected chi connectivity index (χ1v) is 7.26. The Morgan fingerprint density at radius 3 is 2.85 bits per heavy atom. The predicted molar refractivity (Wildman–Crippen MR) is 79.2 cm³/mol. The van der Waals surface area contributed by atoms with Crippen LogP contribution in [0.4, 0.5) is 5.82 Å². The van der Waals surface area contributed by atoms with Crippen LogP contribution in [-0.2, 0) is 13.5 Å². The van der Waals surface area contributed by atoms with Crippen molar-refractivity contribution >= 4 is 17.4 Å². The molecule has 2 heterocycles. The molecule has 3 rings (SSSR count). The molecule has 0 aromatic carbocycles. The maximum absolute atomic E-state index is 6.19. The molecule has 0 unspecified atom stereocenters. The third kappa shape index (κ3) is 2.93. The van der Waals surface area contributed by atoms with E-state index in [1.807, 2.05) is 31.0 Å². The number of nitrogens with zero attached hydrogens (tertiary/aromatic N) is 4. The Bertz CT molecular complexity index is 618. The lowest BCUT2D eigenvalue weighted by Gasteiger charge is -2.10. The molecule has 1 saturated carbocycles. The monoisotopic (exact) mass is 291 g/mol. The molecule has 0 bridgehead atoms. The van der Waals surface area contributed by atoms with Crippen molar-refractivity contribution in [3.8, 4) is 0 Å². The van der Waals surface area contributed by atoms with Crippen molar-refractivity contribution in [1.29, 1.82) is 0 Å². The fraction of sp³-hybridized carbons (Fsp3) is 0.500. The first kappa shape index (κ1) is 13.4. The summed E-state index contributed by atoms with van der Waals surface area (Å²) in [7, 11) is 1.92. The number of anilines is 1. The van der Waals surface area contributed by atoms with Crippen molar-refractivity contribution in [2.24, 2.45) is 7.05 Å². The number of hydrogen-bond donors (Lipinski definition) is 1. The number of hydrogen-bond acceptors (Lipinski definition) is 4. The summed E-state index contributed by atoms with van der Waals surface area (Å²) in [6.45, 7) is 2.76. The largest absolute Gasteiger partial charge is 0.369 e. The summed E-state index contributed by atoms with van der Waals surface area (Å²) in [4.78, 5) is 8.97. The number of aromatic nitrogens is 4. The van der Waals surface area contributed by atoms with E-state index in [0.29, 0.717) is 11.1 Å². The predicted octanol–water partition coefficient (Wildman–Crippen LogP) is 2.70. The highest BCUT2D eigenvalue weighted by atomic mass is 35.5. The summed E-state index contributed by atoms with van der Waals surface area (Å²) in [6, 6.07) is 0. The van der Waals surface area contributed by atoms with Crippen molar-refractivity contribution in [2.45, 2.75) is 32.1 Å². The highest BCUT2D eigenvalue weighted by Gasteiger charge is 2.27. The van der Waals surface area contributed by atoms with Gasteiger partial charge < -0.3 is 5.32 Å². The maximum atomic E-state index is 6.19. The second-order valence-electron chi connectivity index (χ2n) is 5.32. The normalized spacial score (nSPS) is 14.6. The van der Waals surface area contributed by atoms with E-state index in [2.05, 4.69) is 20.4 Å². The Hall–Kier alpha value is -1.62. The van der Waals surface area contributed by atoms with Gasteiger partial charge in [0.25, 0.3) is 0 Å². The van der Waals surface area contributed by atoms with E-state index in [4.69, 9.17) is 11.6 Å². The zero-order chi connectivity index (χ0) is 14.1. The number of nitrogens with one attached hydrogen (secondary N) is 1. The van der Waals surface area contributed by atoms with E-state index < -0.39 is 0 Å². The quantitative estimate of drug-likeness (QED) is 0.861. The van der Waals surface area contributed by atoms with Gasteiger partial charge in [-0.3, -0.25) is 4.68 Å². The zero-order valence-corrected chi connectivity index (χ0v) is 12.5. The van der Waals surface area contributed by atoms with Crippen LogP contribution < -0.4 is 5.32 Å². The summed E-state index contributed by atoms with van der Waals surface area (Å²) < 4.78 is 1.81. The molecular formula is C14H18ClN5. The molecule has 2 aromatic rings. The van der Waals surface area contributed by atoms with Crippen LogP contribution in [0.15, 0.2) is 12.4 Å². The maximum Gasteiger partial charge on any atom is 0.137 e. The van der Waals surface area contributed by atoms with Gasteiger partial charge in [0.2, 0.25) is 0 Å². The fourth-order valence-corrected chi connectivity index (χ4v) is 2.30. The first-order valence-electron chi connectivity index (χ1n) is 6.89. The molecule has 2 aromatic heterocycles. The van der Waals surface area contributed by atoms with E-state index in [0.717, 1.165) is 30.2 Å². The Morgan fingerprint density at radius 2 is 2.20 bits per heavy atom. The minimum Gasteiger partial charge on any atom is -0.369 e.